The highest BCUT2D eigenvalue weighted by Crippen LogP contribution is 2.57. The number of amides is 1. The number of carbonyl (C=O) groups excluding carboxylic acids is 3. The second kappa shape index (κ2) is 11.7. The molecule has 8 heteroatoms. The van der Waals surface area contributed by atoms with Crippen molar-refractivity contribution in [1.82, 2.24) is 5.32 Å². The van der Waals surface area contributed by atoms with Gasteiger partial charge in [-0.1, -0.05) is 63.3 Å². The molecule has 3 fully saturated rings. The molecule has 0 spiro atoms. The van der Waals surface area contributed by atoms with Crippen molar-refractivity contribution < 1.29 is 33.1 Å². The maximum absolute atomic E-state index is 12.7. The van der Waals surface area contributed by atoms with E-state index < -0.39 is 25.0 Å². The molecular weight excluding hydrogens is 508 g/mol. The molecule has 1 heterocycles. The average molecular weight is 556 g/mol. The van der Waals surface area contributed by atoms with E-state index in [2.05, 4.69) is 37.5 Å². The molecule has 8 nitrogen and oxygen atoms in total. The molecule has 1 amide bonds. The molecule has 1 aliphatic heterocycles. The number of carbonyl (C=O) groups is 3. The van der Waals surface area contributed by atoms with Gasteiger partial charge >= 0.3 is 12.1 Å². The van der Waals surface area contributed by atoms with Crippen molar-refractivity contribution >= 4 is 18.0 Å². The van der Waals surface area contributed by atoms with Gasteiger partial charge in [-0.15, -0.1) is 0 Å². The van der Waals surface area contributed by atoms with E-state index in [-0.39, 0.29) is 29.9 Å². The first kappa shape index (κ1) is 28.9. The van der Waals surface area contributed by atoms with Crippen LogP contribution in [0.15, 0.2) is 18.2 Å². The number of quaternary nitrogens is 1. The molecule has 3 aliphatic carbocycles. The first-order chi connectivity index (χ1) is 19.1. The lowest BCUT2D eigenvalue weighted by Crippen LogP contribution is -2.69. The molecule has 1 aromatic carbocycles. The topological polar surface area (TPSA) is 90.9 Å². The second-order valence-corrected chi connectivity index (χ2v) is 13.4. The summed E-state index contributed by atoms with van der Waals surface area (Å²) in [5, 5.41) is 2.83. The molecule has 1 aromatic rings. The third-order valence-corrected chi connectivity index (χ3v) is 10.5. The van der Waals surface area contributed by atoms with Crippen LogP contribution in [-0.4, -0.2) is 61.7 Å². The Morgan fingerprint density at radius 1 is 1.02 bits per heavy atom. The number of rotatable bonds is 8. The zero-order valence-corrected chi connectivity index (χ0v) is 24.7. The van der Waals surface area contributed by atoms with Crippen LogP contribution >= 0.6 is 0 Å². The zero-order valence-electron chi connectivity index (χ0n) is 24.7. The quantitative estimate of drug-likeness (QED) is 0.271. The van der Waals surface area contributed by atoms with Crippen molar-refractivity contribution in [2.24, 2.45) is 17.8 Å². The summed E-state index contributed by atoms with van der Waals surface area (Å²) in [6, 6.07) is 6.57. The molecule has 5 atom stereocenters. The molecule has 0 radical (unpaired) electrons. The monoisotopic (exact) mass is 555 g/mol. The van der Waals surface area contributed by atoms with E-state index in [9.17, 15) is 14.4 Å². The van der Waals surface area contributed by atoms with Crippen molar-refractivity contribution in [3.63, 3.8) is 0 Å². The predicted octanol–water partition coefficient (Wildman–Crippen LogP) is 5.14. The lowest BCUT2D eigenvalue weighted by molar-refractivity contribution is -0.959. The summed E-state index contributed by atoms with van der Waals surface area (Å²) in [5.74, 6) is -0.310. The van der Waals surface area contributed by atoms with E-state index in [1.54, 1.807) is 5.56 Å². The Kier molecular flexibility index (Phi) is 8.46. The fraction of sp³-hybridized carbons (Fsp3) is 0.719. The summed E-state index contributed by atoms with van der Waals surface area (Å²) in [4.78, 5) is 37.7. The van der Waals surface area contributed by atoms with E-state index >= 15 is 0 Å². The number of likely N-dealkylation sites (N-methyl/N-ethyl adjacent to an activating group) is 1. The third-order valence-electron chi connectivity index (χ3n) is 10.5. The standard InChI is InChI=1S/C32H46N2O6/c1-21(2)28(33-29(35)23-9-5-6-10-23)30(36)39-20-40-31(37)38-19-34(4)16-15-32-14-8-7-11-25(32)27(34)18-24-13-12-22(3)17-26(24)32/h12-13,17,21,23,25,27-28H,5-11,14-16,18-20H2,1-4H3/p+1/t25-,27+,28?,32+,34?/m0/s1. The fourth-order valence-electron chi connectivity index (χ4n) is 8.17. The summed E-state index contributed by atoms with van der Waals surface area (Å²) in [5.41, 5.74) is 4.60. The number of nitrogens with one attached hydrogen (secondary N) is 1. The highest BCUT2D eigenvalue weighted by molar-refractivity contribution is 5.86. The molecule has 4 aliphatic rings. The third kappa shape index (κ3) is 5.61. The Hall–Kier alpha value is -2.61. The van der Waals surface area contributed by atoms with Gasteiger partial charge in [0.2, 0.25) is 19.4 Å². The van der Waals surface area contributed by atoms with Gasteiger partial charge in [-0.05, 0) is 49.7 Å². The van der Waals surface area contributed by atoms with Gasteiger partial charge in [-0.3, -0.25) is 9.28 Å². The van der Waals surface area contributed by atoms with Crippen LogP contribution in [0.2, 0.25) is 0 Å². The Labute approximate surface area is 238 Å². The van der Waals surface area contributed by atoms with Crippen LogP contribution in [0.3, 0.4) is 0 Å². The van der Waals surface area contributed by atoms with Crippen LogP contribution in [0.1, 0.15) is 88.3 Å². The Bertz CT molecular complexity index is 1110. The van der Waals surface area contributed by atoms with Gasteiger partial charge in [0.15, 0.2) is 0 Å². The molecule has 2 bridgehead atoms. The number of esters is 1. The number of benzene rings is 1. The second-order valence-electron chi connectivity index (χ2n) is 13.4. The Balaban J connectivity index is 1.14. The van der Waals surface area contributed by atoms with Gasteiger partial charge in [-0.2, -0.15) is 0 Å². The molecule has 2 unspecified atom stereocenters. The molecule has 5 rings (SSSR count). The smallest absolute Gasteiger partial charge is 0.426 e. The molecule has 1 saturated heterocycles. The van der Waals surface area contributed by atoms with Crippen LogP contribution in [-0.2, 0) is 35.6 Å². The lowest BCUT2D eigenvalue weighted by atomic mass is 9.52. The first-order valence-electron chi connectivity index (χ1n) is 15.3. The van der Waals surface area contributed by atoms with Gasteiger partial charge in [-0.25, -0.2) is 9.59 Å². The molecule has 40 heavy (non-hydrogen) atoms. The highest BCUT2D eigenvalue weighted by atomic mass is 16.8. The minimum Gasteiger partial charge on any atom is -0.426 e. The molecule has 2 saturated carbocycles. The summed E-state index contributed by atoms with van der Waals surface area (Å²) < 4.78 is 16.7. The summed E-state index contributed by atoms with van der Waals surface area (Å²) in [7, 11) is 2.20. The normalized spacial score (nSPS) is 30.1. The number of hydrogen-bond acceptors (Lipinski definition) is 6. The number of piperidine rings is 1. The lowest BCUT2D eigenvalue weighted by Gasteiger charge is -2.60. The van der Waals surface area contributed by atoms with Crippen LogP contribution in [0.25, 0.3) is 0 Å². The minimum atomic E-state index is -0.837. The molecule has 220 valence electrons. The van der Waals surface area contributed by atoms with E-state index in [4.69, 9.17) is 14.2 Å². The van der Waals surface area contributed by atoms with E-state index in [0.29, 0.717) is 16.4 Å². The largest absolute Gasteiger partial charge is 0.515 e. The molecule has 0 aromatic heterocycles. The molecular formula is C32H47N2O6+. The van der Waals surface area contributed by atoms with Crippen LogP contribution in [0.4, 0.5) is 4.79 Å². The maximum Gasteiger partial charge on any atom is 0.515 e. The van der Waals surface area contributed by atoms with E-state index in [1.165, 1.54) is 36.8 Å². The van der Waals surface area contributed by atoms with Crippen molar-refractivity contribution in [3.8, 4) is 0 Å². The average Bonchev–Trinajstić information content (AvgIpc) is 3.48. The number of fused-ring (bicyclic) bond motifs is 1. The van der Waals surface area contributed by atoms with Crippen LogP contribution in [0, 0.1) is 24.7 Å². The highest BCUT2D eigenvalue weighted by Gasteiger charge is 2.59. The predicted molar refractivity (Wildman–Crippen MR) is 150 cm³/mol. The SMILES string of the molecule is Cc1ccc2c(c1)[C@@]13CCCC[C@H]1[C@@H](C2)[N+](C)(COC(=O)OCOC(=O)C(NC(=O)C1CCCC1)C(C)C)CC3. The number of hydrogen-bond donors (Lipinski definition) is 1. The fourth-order valence-corrected chi connectivity index (χ4v) is 8.17. The van der Waals surface area contributed by atoms with Gasteiger partial charge < -0.3 is 19.5 Å². The van der Waals surface area contributed by atoms with Crippen molar-refractivity contribution in [3.05, 3.63) is 34.9 Å². The van der Waals surface area contributed by atoms with E-state index in [1.807, 2.05) is 13.8 Å². The van der Waals surface area contributed by atoms with Gasteiger partial charge in [0.1, 0.15) is 6.04 Å². The maximum atomic E-state index is 12.7. The molecule has 1 N–H and O–H groups in total. The van der Waals surface area contributed by atoms with Gasteiger partial charge in [0.25, 0.3) is 0 Å². The van der Waals surface area contributed by atoms with Gasteiger partial charge in [0, 0.05) is 30.1 Å². The van der Waals surface area contributed by atoms with Crippen LogP contribution < -0.4 is 5.32 Å². The number of nitrogens with zero attached hydrogens (tertiary/aromatic N) is 1. The number of ether oxygens (including phenoxy) is 3. The van der Waals surface area contributed by atoms with Crippen molar-refractivity contribution in [2.75, 3.05) is 27.1 Å². The van der Waals surface area contributed by atoms with Crippen LogP contribution in [0.5, 0.6) is 0 Å². The minimum absolute atomic E-state index is 0.0416. The summed E-state index contributed by atoms with van der Waals surface area (Å²) in [6.45, 7) is 6.54. The van der Waals surface area contributed by atoms with Crippen molar-refractivity contribution in [2.45, 2.75) is 102 Å². The Morgan fingerprint density at radius 2 is 1.77 bits per heavy atom. The Morgan fingerprint density at radius 3 is 2.52 bits per heavy atom. The van der Waals surface area contributed by atoms with Gasteiger partial charge in [0.05, 0.1) is 19.6 Å². The number of aryl methyl sites for hydroxylation is 1. The summed E-state index contributed by atoms with van der Waals surface area (Å²) in [6.07, 6.45) is 10.1. The zero-order chi connectivity index (χ0) is 28.5. The number of likely N-dealkylation sites (tertiary alicyclic amines) is 1. The summed E-state index contributed by atoms with van der Waals surface area (Å²) >= 11 is 0. The van der Waals surface area contributed by atoms with Crippen molar-refractivity contribution in [1.29, 1.82) is 0 Å². The first-order valence-corrected chi connectivity index (χ1v) is 15.3. The van der Waals surface area contributed by atoms with E-state index in [0.717, 1.165) is 45.1 Å².